The Bertz CT molecular complexity index is 407. The number of carbonyl (C=O) groups is 1. The van der Waals surface area contributed by atoms with Gasteiger partial charge in [-0.1, -0.05) is 6.42 Å². The van der Waals surface area contributed by atoms with Gasteiger partial charge in [0.1, 0.15) is 0 Å². The Morgan fingerprint density at radius 3 is 2.14 bits per heavy atom. The summed E-state index contributed by atoms with van der Waals surface area (Å²) in [6.45, 7) is 2.29. The monoisotopic (exact) mass is 326 g/mol. The van der Waals surface area contributed by atoms with Crippen molar-refractivity contribution < 1.29 is 4.79 Å². The van der Waals surface area contributed by atoms with Gasteiger partial charge in [0.2, 0.25) is 5.91 Å². The smallest absolute Gasteiger partial charge is 0.226 e. The van der Waals surface area contributed by atoms with E-state index in [1.54, 1.807) is 0 Å². The van der Waals surface area contributed by atoms with E-state index in [1.165, 1.54) is 44.9 Å². The highest BCUT2D eigenvalue weighted by Gasteiger charge is 2.47. The highest BCUT2D eigenvalue weighted by Crippen LogP contribution is 2.45. The average molecular weight is 327 g/mol. The highest BCUT2D eigenvalue weighted by molar-refractivity contribution is 5.85. The zero-order valence-electron chi connectivity index (χ0n) is 13.7. The second kappa shape index (κ2) is 6.32. The summed E-state index contributed by atoms with van der Waals surface area (Å²) in [6, 6.07) is 1.43. The molecule has 0 aromatic heterocycles. The Balaban J connectivity index is 0.00000144. The molecule has 0 spiro atoms. The van der Waals surface area contributed by atoms with E-state index in [-0.39, 0.29) is 18.3 Å². The van der Waals surface area contributed by atoms with Gasteiger partial charge >= 0.3 is 0 Å². The van der Waals surface area contributed by atoms with Gasteiger partial charge in [-0.3, -0.25) is 4.79 Å². The molecule has 4 saturated carbocycles. The molecule has 4 fully saturated rings. The largest absolute Gasteiger partial charge is 0.336 e. The fraction of sp³-hybridized carbons (Fsp3) is 0.944. The summed E-state index contributed by atoms with van der Waals surface area (Å²) < 4.78 is 0. The quantitative estimate of drug-likeness (QED) is 0.861. The van der Waals surface area contributed by atoms with E-state index in [2.05, 4.69) is 11.8 Å². The van der Waals surface area contributed by atoms with Crippen LogP contribution in [0.4, 0.5) is 0 Å². The molecule has 126 valence electrons. The highest BCUT2D eigenvalue weighted by atomic mass is 35.5. The molecule has 4 aliphatic carbocycles. The Morgan fingerprint density at radius 2 is 1.64 bits per heavy atom. The van der Waals surface area contributed by atoms with Crippen LogP contribution < -0.4 is 5.73 Å². The number of hydrogen-bond acceptors (Lipinski definition) is 2. The van der Waals surface area contributed by atoms with Gasteiger partial charge in [-0.15, -0.1) is 12.4 Å². The molecule has 4 rings (SSSR count). The van der Waals surface area contributed by atoms with E-state index in [1.807, 2.05) is 0 Å². The lowest BCUT2D eigenvalue weighted by molar-refractivity contribution is -0.141. The molecule has 0 heterocycles. The molecule has 2 N–H and O–H groups in total. The van der Waals surface area contributed by atoms with E-state index in [0.29, 0.717) is 35.9 Å². The zero-order chi connectivity index (χ0) is 14.6. The maximum atomic E-state index is 13.2. The van der Waals surface area contributed by atoms with Crippen molar-refractivity contribution in [1.29, 1.82) is 0 Å². The van der Waals surface area contributed by atoms with Crippen LogP contribution >= 0.6 is 12.4 Å². The lowest BCUT2D eigenvalue weighted by Gasteiger charge is -2.45. The van der Waals surface area contributed by atoms with Crippen LogP contribution in [0.2, 0.25) is 0 Å². The molecule has 4 heteroatoms. The summed E-state index contributed by atoms with van der Waals surface area (Å²) in [7, 11) is 0. The van der Waals surface area contributed by atoms with E-state index in [9.17, 15) is 4.79 Å². The van der Waals surface area contributed by atoms with Crippen molar-refractivity contribution in [3.63, 3.8) is 0 Å². The van der Waals surface area contributed by atoms with Gasteiger partial charge in [0.15, 0.2) is 0 Å². The van der Waals surface area contributed by atoms with Crippen molar-refractivity contribution >= 4 is 18.3 Å². The van der Waals surface area contributed by atoms with Crippen molar-refractivity contribution in [2.75, 3.05) is 0 Å². The number of carbonyl (C=O) groups excluding carboxylic acids is 1. The van der Waals surface area contributed by atoms with Crippen LogP contribution in [-0.2, 0) is 4.79 Å². The van der Waals surface area contributed by atoms with E-state index in [0.717, 1.165) is 18.8 Å². The van der Waals surface area contributed by atoms with Gasteiger partial charge in [0.05, 0.1) is 0 Å². The maximum Gasteiger partial charge on any atom is 0.226 e. The Labute approximate surface area is 140 Å². The van der Waals surface area contributed by atoms with Gasteiger partial charge in [-0.2, -0.15) is 0 Å². The van der Waals surface area contributed by atoms with Crippen LogP contribution in [0.25, 0.3) is 0 Å². The second-order valence-corrected chi connectivity index (χ2v) is 8.25. The topological polar surface area (TPSA) is 46.3 Å². The van der Waals surface area contributed by atoms with Crippen molar-refractivity contribution in [1.82, 2.24) is 4.90 Å². The normalized spacial score (nSPS) is 38.8. The summed E-state index contributed by atoms with van der Waals surface area (Å²) in [5.74, 6) is 2.79. The first-order valence-electron chi connectivity index (χ1n) is 9.23. The van der Waals surface area contributed by atoms with Crippen LogP contribution in [0.5, 0.6) is 0 Å². The zero-order valence-corrected chi connectivity index (χ0v) is 14.6. The number of fused-ring (bicyclic) bond motifs is 2. The molecule has 3 unspecified atom stereocenters. The molecule has 2 bridgehead atoms. The minimum Gasteiger partial charge on any atom is -0.336 e. The average Bonchev–Trinajstić information content (AvgIpc) is 3.31. The first-order chi connectivity index (χ1) is 10.1. The third-order valence-corrected chi connectivity index (χ3v) is 6.70. The van der Waals surface area contributed by atoms with Crippen LogP contribution in [0, 0.1) is 23.7 Å². The minimum absolute atomic E-state index is 0. The summed E-state index contributed by atoms with van der Waals surface area (Å²) >= 11 is 0. The van der Waals surface area contributed by atoms with Crippen LogP contribution in [0.15, 0.2) is 0 Å². The van der Waals surface area contributed by atoms with Gasteiger partial charge in [0, 0.05) is 24.0 Å². The van der Waals surface area contributed by atoms with Crippen molar-refractivity contribution in [2.24, 2.45) is 29.4 Å². The molecule has 3 nitrogen and oxygen atoms in total. The second-order valence-electron chi connectivity index (χ2n) is 8.25. The van der Waals surface area contributed by atoms with E-state index < -0.39 is 0 Å². The van der Waals surface area contributed by atoms with E-state index >= 15 is 0 Å². The number of rotatable bonds is 4. The summed E-state index contributed by atoms with van der Waals surface area (Å²) in [6.07, 6.45) is 11.1. The molecule has 0 aromatic carbocycles. The Kier molecular flexibility index (Phi) is 4.76. The van der Waals surface area contributed by atoms with Gasteiger partial charge < -0.3 is 10.6 Å². The van der Waals surface area contributed by atoms with Crippen molar-refractivity contribution in [3.8, 4) is 0 Å². The molecule has 4 aliphatic rings. The maximum absolute atomic E-state index is 13.2. The van der Waals surface area contributed by atoms with Gasteiger partial charge in [-0.05, 0) is 76.0 Å². The molecular weight excluding hydrogens is 296 g/mol. The molecule has 3 atom stereocenters. The van der Waals surface area contributed by atoms with Crippen LogP contribution in [0.1, 0.15) is 64.7 Å². The fourth-order valence-electron chi connectivity index (χ4n) is 5.07. The standard InChI is InChI=1S/C18H30N2O.ClH/c1-11(12-5-6-12)20(16-7-8-16)18(21)15-9-13-3-2-4-14(10-15)17(13)19;/h11-17H,2-10,19H2,1H3;1H. The third kappa shape index (κ3) is 3.03. The summed E-state index contributed by atoms with van der Waals surface area (Å²) in [4.78, 5) is 15.5. The predicted molar refractivity (Wildman–Crippen MR) is 90.8 cm³/mol. The molecule has 0 aromatic rings. The summed E-state index contributed by atoms with van der Waals surface area (Å²) in [5.41, 5.74) is 6.39. The lowest BCUT2D eigenvalue weighted by atomic mass is 9.65. The molecule has 0 radical (unpaired) electrons. The van der Waals surface area contributed by atoms with Gasteiger partial charge in [-0.25, -0.2) is 0 Å². The molecule has 0 saturated heterocycles. The number of amides is 1. The molecule has 0 aliphatic heterocycles. The molecular formula is C18H31ClN2O. The van der Waals surface area contributed by atoms with Crippen LogP contribution in [0.3, 0.4) is 0 Å². The number of hydrogen-bond donors (Lipinski definition) is 1. The Morgan fingerprint density at radius 1 is 1.05 bits per heavy atom. The number of nitrogens with zero attached hydrogens (tertiary/aromatic N) is 1. The number of nitrogens with two attached hydrogens (primary N) is 1. The predicted octanol–water partition coefficient (Wildman–Crippen LogP) is 3.35. The van der Waals surface area contributed by atoms with Crippen LogP contribution in [-0.4, -0.2) is 28.9 Å². The van der Waals surface area contributed by atoms with Crippen molar-refractivity contribution in [2.45, 2.75) is 82.8 Å². The van der Waals surface area contributed by atoms with Gasteiger partial charge in [0.25, 0.3) is 0 Å². The fourth-order valence-corrected chi connectivity index (χ4v) is 5.07. The lowest BCUT2D eigenvalue weighted by Crippen LogP contribution is -2.51. The first-order valence-corrected chi connectivity index (χ1v) is 9.23. The molecule has 22 heavy (non-hydrogen) atoms. The van der Waals surface area contributed by atoms with Crippen molar-refractivity contribution in [3.05, 3.63) is 0 Å². The number of halogens is 1. The minimum atomic E-state index is 0. The molecule has 1 amide bonds. The third-order valence-electron chi connectivity index (χ3n) is 6.70. The SMILES string of the molecule is CC(C1CC1)N(C(=O)C1CC2CCCC(C1)C2N)C1CC1.Cl. The first kappa shape index (κ1) is 16.6. The Hall–Kier alpha value is -0.280. The van der Waals surface area contributed by atoms with E-state index in [4.69, 9.17) is 5.73 Å². The summed E-state index contributed by atoms with van der Waals surface area (Å²) in [5, 5.41) is 0.